The molecule has 26 heavy (non-hydrogen) atoms. The average Bonchev–Trinajstić information content (AvgIpc) is 2.72. The van der Waals surface area contributed by atoms with Crippen LogP contribution < -0.4 is 5.32 Å². The Hall–Kier alpha value is -3.53. The molecule has 2 aromatic heterocycles. The van der Waals surface area contributed by atoms with E-state index in [2.05, 4.69) is 45.6 Å². The second kappa shape index (κ2) is 7.15. The van der Waals surface area contributed by atoms with Gasteiger partial charge in [0.1, 0.15) is 0 Å². The lowest BCUT2D eigenvalue weighted by atomic mass is 10.0. The average molecular weight is 339 g/mol. The van der Waals surface area contributed by atoms with Crippen LogP contribution in [-0.4, -0.2) is 15.9 Å². The standard InChI is InChI=1S/C22H17N3O/c26-22(25-15-21-7-3-4-10-24-21)20-12-19(13-23-14-20)18-9-8-16-5-1-2-6-17(16)11-18/h1-14H,15H2,(H,25,26). The highest BCUT2D eigenvalue weighted by molar-refractivity contribution is 5.95. The smallest absolute Gasteiger partial charge is 0.253 e. The first kappa shape index (κ1) is 16.0. The van der Waals surface area contributed by atoms with Gasteiger partial charge in [-0.3, -0.25) is 14.8 Å². The largest absolute Gasteiger partial charge is 0.346 e. The summed E-state index contributed by atoms with van der Waals surface area (Å²) < 4.78 is 0. The number of carbonyl (C=O) groups is 1. The Morgan fingerprint density at radius 1 is 0.846 bits per heavy atom. The SMILES string of the molecule is O=C(NCc1ccccn1)c1cncc(-c2ccc3ccccc3c2)c1. The zero-order valence-corrected chi connectivity index (χ0v) is 14.1. The lowest BCUT2D eigenvalue weighted by Gasteiger charge is -2.07. The zero-order chi connectivity index (χ0) is 17.8. The highest BCUT2D eigenvalue weighted by atomic mass is 16.1. The van der Waals surface area contributed by atoms with Crippen molar-refractivity contribution in [3.8, 4) is 11.1 Å². The van der Waals surface area contributed by atoms with Crippen molar-refractivity contribution in [2.24, 2.45) is 0 Å². The molecule has 4 nitrogen and oxygen atoms in total. The minimum Gasteiger partial charge on any atom is -0.346 e. The summed E-state index contributed by atoms with van der Waals surface area (Å²) in [4.78, 5) is 20.9. The van der Waals surface area contributed by atoms with Crippen LogP contribution in [0.25, 0.3) is 21.9 Å². The van der Waals surface area contributed by atoms with E-state index in [1.807, 2.05) is 36.4 Å². The van der Waals surface area contributed by atoms with Gasteiger partial charge in [0.15, 0.2) is 0 Å². The van der Waals surface area contributed by atoms with Crippen LogP contribution in [0, 0.1) is 0 Å². The minimum absolute atomic E-state index is 0.161. The van der Waals surface area contributed by atoms with Gasteiger partial charge in [-0.1, -0.05) is 42.5 Å². The summed E-state index contributed by atoms with van der Waals surface area (Å²) in [6.45, 7) is 0.389. The third-order valence-corrected chi connectivity index (χ3v) is 4.24. The number of benzene rings is 2. The van der Waals surface area contributed by atoms with Crippen LogP contribution in [0.1, 0.15) is 16.1 Å². The quantitative estimate of drug-likeness (QED) is 0.605. The fraction of sp³-hybridized carbons (Fsp3) is 0.0455. The third-order valence-electron chi connectivity index (χ3n) is 4.24. The van der Waals surface area contributed by atoms with Gasteiger partial charge in [0.2, 0.25) is 0 Å². The van der Waals surface area contributed by atoms with Crippen molar-refractivity contribution >= 4 is 16.7 Å². The van der Waals surface area contributed by atoms with Gasteiger partial charge < -0.3 is 5.32 Å². The third kappa shape index (κ3) is 3.44. The molecule has 0 saturated heterocycles. The molecule has 1 amide bonds. The van der Waals surface area contributed by atoms with Crippen molar-refractivity contribution < 1.29 is 4.79 Å². The van der Waals surface area contributed by atoms with E-state index in [-0.39, 0.29) is 5.91 Å². The topological polar surface area (TPSA) is 54.9 Å². The Bertz CT molecular complexity index is 1060. The summed E-state index contributed by atoms with van der Waals surface area (Å²) >= 11 is 0. The van der Waals surface area contributed by atoms with Crippen LogP contribution >= 0.6 is 0 Å². The van der Waals surface area contributed by atoms with Gasteiger partial charge in [-0.05, 0) is 40.6 Å². The van der Waals surface area contributed by atoms with Gasteiger partial charge in [0, 0.05) is 24.2 Å². The fourth-order valence-corrected chi connectivity index (χ4v) is 2.87. The molecular formula is C22H17N3O. The van der Waals surface area contributed by atoms with Crippen LogP contribution in [0.5, 0.6) is 0 Å². The van der Waals surface area contributed by atoms with Crippen molar-refractivity contribution in [1.82, 2.24) is 15.3 Å². The summed E-state index contributed by atoms with van der Waals surface area (Å²) in [6, 6.07) is 21.9. The van der Waals surface area contributed by atoms with E-state index in [1.54, 1.807) is 18.6 Å². The molecule has 0 spiro atoms. The lowest BCUT2D eigenvalue weighted by Crippen LogP contribution is -2.23. The summed E-state index contributed by atoms with van der Waals surface area (Å²) in [7, 11) is 0. The molecule has 4 rings (SSSR count). The maximum atomic E-state index is 12.4. The summed E-state index contributed by atoms with van der Waals surface area (Å²) in [5, 5.41) is 5.23. The molecule has 126 valence electrons. The van der Waals surface area contributed by atoms with E-state index in [0.717, 1.165) is 22.2 Å². The molecule has 0 atom stereocenters. The first-order chi connectivity index (χ1) is 12.8. The van der Waals surface area contributed by atoms with Crippen molar-refractivity contribution in [2.45, 2.75) is 6.54 Å². The van der Waals surface area contributed by atoms with E-state index >= 15 is 0 Å². The van der Waals surface area contributed by atoms with Gasteiger partial charge in [0.25, 0.3) is 5.91 Å². The maximum absolute atomic E-state index is 12.4. The Labute approximate surface area is 151 Å². The number of hydrogen-bond acceptors (Lipinski definition) is 3. The van der Waals surface area contributed by atoms with Crippen molar-refractivity contribution in [1.29, 1.82) is 0 Å². The summed E-state index contributed by atoms with van der Waals surface area (Å²) in [5.74, 6) is -0.161. The van der Waals surface area contributed by atoms with Crippen molar-refractivity contribution in [3.63, 3.8) is 0 Å². The Kier molecular flexibility index (Phi) is 4.39. The molecule has 0 fully saturated rings. The number of pyridine rings is 2. The molecule has 1 N–H and O–H groups in total. The van der Waals surface area contributed by atoms with Gasteiger partial charge in [-0.15, -0.1) is 0 Å². The molecule has 0 aliphatic carbocycles. The minimum atomic E-state index is -0.161. The lowest BCUT2D eigenvalue weighted by molar-refractivity contribution is 0.0950. The Morgan fingerprint density at radius 3 is 2.54 bits per heavy atom. The second-order valence-electron chi connectivity index (χ2n) is 6.03. The van der Waals surface area contributed by atoms with E-state index in [0.29, 0.717) is 12.1 Å². The van der Waals surface area contributed by atoms with Crippen molar-refractivity contribution in [3.05, 3.63) is 96.6 Å². The second-order valence-corrected chi connectivity index (χ2v) is 6.03. The van der Waals surface area contributed by atoms with Gasteiger partial charge in [-0.2, -0.15) is 0 Å². The van der Waals surface area contributed by atoms with E-state index in [9.17, 15) is 4.79 Å². The molecule has 0 bridgehead atoms. The molecule has 4 heteroatoms. The van der Waals surface area contributed by atoms with Crippen molar-refractivity contribution in [2.75, 3.05) is 0 Å². The number of aromatic nitrogens is 2. The number of fused-ring (bicyclic) bond motifs is 1. The molecular weight excluding hydrogens is 322 g/mol. The zero-order valence-electron chi connectivity index (χ0n) is 14.1. The molecule has 2 heterocycles. The molecule has 0 aliphatic rings. The number of carbonyl (C=O) groups excluding carboxylic acids is 1. The van der Waals surface area contributed by atoms with E-state index in [4.69, 9.17) is 0 Å². The first-order valence-corrected chi connectivity index (χ1v) is 8.42. The van der Waals surface area contributed by atoms with Crippen LogP contribution in [0.2, 0.25) is 0 Å². The van der Waals surface area contributed by atoms with Crippen LogP contribution in [0.15, 0.2) is 85.3 Å². The molecule has 4 aromatic rings. The normalized spacial score (nSPS) is 10.6. The molecule has 0 unspecified atom stereocenters. The highest BCUT2D eigenvalue weighted by Crippen LogP contribution is 2.24. The Balaban J connectivity index is 1.56. The Morgan fingerprint density at radius 2 is 1.69 bits per heavy atom. The van der Waals surface area contributed by atoms with Crippen LogP contribution in [0.3, 0.4) is 0 Å². The summed E-state index contributed by atoms with van der Waals surface area (Å²) in [5.41, 5.74) is 3.31. The highest BCUT2D eigenvalue weighted by Gasteiger charge is 2.08. The number of rotatable bonds is 4. The monoisotopic (exact) mass is 339 g/mol. The van der Waals surface area contributed by atoms with Crippen LogP contribution in [0.4, 0.5) is 0 Å². The van der Waals surface area contributed by atoms with Gasteiger partial charge in [0.05, 0.1) is 17.8 Å². The molecule has 2 aromatic carbocycles. The molecule has 0 saturated carbocycles. The van der Waals surface area contributed by atoms with Crippen LogP contribution in [-0.2, 0) is 6.54 Å². The maximum Gasteiger partial charge on any atom is 0.253 e. The van der Waals surface area contributed by atoms with Gasteiger partial charge in [-0.25, -0.2) is 0 Å². The predicted octanol–water partition coefficient (Wildman–Crippen LogP) is 4.23. The molecule has 0 aliphatic heterocycles. The number of amides is 1. The first-order valence-electron chi connectivity index (χ1n) is 8.42. The molecule has 0 radical (unpaired) electrons. The predicted molar refractivity (Wildman–Crippen MR) is 103 cm³/mol. The fourth-order valence-electron chi connectivity index (χ4n) is 2.87. The van der Waals surface area contributed by atoms with E-state index in [1.165, 1.54) is 5.39 Å². The number of nitrogens with zero attached hydrogens (tertiary/aromatic N) is 2. The van der Waals surface area contributed by atoms with E-state index < -0.39 is 0 Å². The summed E-state index contributed by atoms with van der Waals surface area (Å²) in [6.07, 6.45) is 5.07. The number of nitrogens with one attached hydrogen (secondary N) is 1. The number of hydrogen-bond donors (Lipinski definition) is 1. The van der Waals surface area contributed by atoms with Gasteiger partial charge >= 0.3 is 0 Å².